The normalized spacial score (nSPS) is 37.2. The lowest BCUT2D eigenvalue weighted by Crippen LogP contribution is -2.60. The van der Waals surface area contributed by atoms with Gasteiger partial charge in [-0.1, -0.05) is 92.5 Å². The van der Waals surface area contributed by atoms with Gasteiger partial charge in [0.2, 0.25) is 0 Å². The van der Waals surface area contributed by atoms with Crippen LogP contribution in [0.4, 0.5) is 0 Å². The standard InChI is InChI=1S/C54H102O9Si3/c1-16-64(17-2,18-3)56-36-26-29-48-53(14,63-66(22-7,23-8)24-9)34-31-45-44(57-48)30-33-52(13)50(58-45)38-46-51(61-52)47(62-65(19-4,20-5)21-6)39-54(15)49(59-46)37-42(12)43(60-54)28-25-27-40(10)41(11)32-35-55/h27,32,42-51,55H,16-26,28-31,33-39H2,1-15H3/b40-27+,41-32+/t42-,43-,44-,45+,46+,47-,48+,49-,50-,51+,52+,53-,54+/m0/s1. The van der Waals surface area contributed by atoms with E-state index in [4.69, 9.17) is 37.0 Å². The van der Waals surface area contributed by atoms with Gasteiger partial charge in [0.15, 0.2) is 25.0 Å². The van der Waals surface area contributed by atoms with Crippen molar-refractivity contribution in [3.63, 3.8) is 0 Å². The molecular weight excluding hydrogens is 877 g/mol. The number of hydrogen-bond acceptors (Lipinski definition) is 9. The lowest BCUT2D eigenvalue weighted by Gasteiger charge is -2.50. The van der Waals surface area contributed by atoms with Gasteiger partial charge in [-0.3, -0.25) is 0 Å². The van der Waals surface area contributed by atoms with Gasteiger partial charge in [0.1, 0.15) is 6.10 Å². The van der Waals surface area contributed by atoms with Crippen LogP contribution in [0.5, 0.6) is 0 Å². The highest BCUT2D eigenvalue weighted by atomic mass is 28.4. The molecule has 0 aromatic carbocycles. The first kappa shape index (κ1) is 56.7. The van der Waals surface area contributed by atoms with E-state index < -0.39 is 36.2 Å². The molecule has 12 heteroatoms. The van der Waals surface area contributed by atoms with Crippen LogP contribution in [0.3, 0.4) is 0 Å². The largest absolute Gasteiger partial charge is 0.417 e. The molecule has 5 saturated heterocycles. The molecule has 0 amide bonds. The highest BCUT2D eigenvalue weighted by Gasteiger charge is 2.60. The maximum Gasteiger partial charge on any atom is 0.192 e. The second-order valence-electron chi connectivity index (χ2n) is 22.4. The fourth-order valence-electron chi connectivity index (χ4n) is 12.8. The number of fused-ring (bicyclic) bond motifs is 4. The smallest absolute Gasteiger partial charge is 0.192 e. The fourth-order valence-corrected chi connectivity index (χ4v) is 21.5. The van der Waals surface area contributed by atoms with Crippen molar-refractivity contribution in [1.82, 2.24) is 0 Å². The first-order valence-electron chi connectivity index (χ1n) is 27.7. The second kappa shape index (κ2) is 24.5. The summed E-state index contributed by atoms with van der Waals surface area (Å²) in [5, 5.41) is 9.44. The molecular formula is C54H102O9Si3. The van der Waals surface area contributed by atoms with Crippen LogP contribution in [0.1, 0.15) is 174 Å². The summed E-state index contributed by atoms with van der Waals surface area (Å²) in [5.41, 5.74) is 0.984. The van der Waals surface area contributed by atoms with E-state index in [9.17, 15) is 5.11 Å². The zero-order chi connectivity index (χ0) is 48.6. The van der Waals surface area contributed by atoms with Crippen LogP contribution in [-0.4, -0.2) is 115 Å². The third-order valence-corrected chi connectivity index (χ3v) is 32.9. The highest BCUT2D eigenvalue weighted by molar-refractivity contribution is 6.74. The van der Waals surface area contributed by atoms with E-state index in [-0.39, 0.29) is 67.1 Å². The average Bonchev–Trinajstić information content (AvgIpc) is 3.59. The molecule has 5 aliphatic heterocycles. The Hall–Kier alpha value is -0.229. The molecule has 66 heavy (non-hydrogen) atoms. The molecule has 9 nitrogen and oxygen atoms in total. The Morgan fingerprint density at radius 1 is 0.652 bits per heavy atom. The molecule has 0 spiro atoms. The topological polar surface area (TPSA) is 94.1 Å². The molecule has 0 aromatic heterocycles. The molecule has 5 fully saturated rings. The van der Waals surface area contributed by atoms with Gasteiger partial charge >= 0.3 is 0 Å². The highest BCUT2D eigenvalue weighted by Crippen LogP contribution is 2.51. The second-order valence-corrected chi connectivity index (χ2v) is 36.6. The van der Waals surface area contributed by atoms with Gasteiger partial charge < -0.3 is 42.1 Å². The Morgan fingerprint density at radius 3 is 1.82 bits per heavy atom. The fraction of sp³-hybridized carbons (Fsp3) is 0.926. The summed E-state index contributed by atoms with van der Waals surface area (Å²) in [4.78, 5) is 0. The lowest BCUT2D eigenvalue weighted by atomic mass is 9.79. The number of hydrogen-bond donors (Lipinski definition) is 1. The Kier molecular flexibility index (Phi) is 21.0. The quantitative estimate of drug-likeness (QED) is 0.0610. The Bertz CT molecular complexity index is 1520. The van der Waals surface area contributed by atoms with Crippen molar-refractivity contribution in [2.75, 3.05) is 13.2 Å². The van der Waals surface area contributed by atoms with Crippen LogP contribution in [0.2, 0.25) is 54.4 Å². The number of aliphatic hydroxyl groups excluding tert-OH is 1. The minimum atomic E-state index is -2.05. The zero-order valence-electron chi connectivity index (χ0n) is 45.2. The summed E-state index contributed by atoms with van der Waals surface area (Å²) < 4.78 is 59.3. The summed E-state index contributed by atoms with van der Waals surface area (Å²) in [6.07, 6.45) is 13.5. The molecule has 1 N–H and O–H groups in total. The van der Waals surface area contributed by atoms with Crippen molar-refractivity contribution in [1.29, 1.82) is 0 Å². The molecule has 13 atom stereocenters. The number of aliphatic hydroxyl groups is 1. The van der Waals surface area contributed by atoms with E-state index in [0.29, 0.717) is 5.92 Å². The SMILES string of the molecule is CC[Si](CC)(CC)OCCC[C@H]1O[C@H]2CC[C@@]3(C)O[C@H]4[C@@H](O[Si](CC)(CC)CC)C[C@@]5(C)O[C@@H](CC/C=C(C)/C(C)=C/CO)[C@@H](C)C[C@@H]5O[C@@H]4C[C@@H]3O[C@@H]2CC[C@]1(C)O[Si](CC)(CC)CC. The van der Waals surface area contributed by atoms with Gasteiger partial charge in [0, 0.05) is 19.4 Å². The van der Waals surface area contributed by atoms with Crippen molar-refractivity contribution < 1.29 is 42.1 Å². The van der Waals surface area contributed by atoms with Crippen molar-refractivity contribution >= 4 is 25.0 Å². The lowest BCUT2D eigenvalue weighted by molar-refractivity contribution is -0.272. The minimum absolute atomic E-state index is 0.0181. The van der Waals surface area contributed by atoms with E-state index in [0.717, 1.165) is 119 Å². The first-order chi connectivity index (χ1) is 31.4. The molecule has 0 bridgehead atoms. The van der Waals surface area contributed by atoms with E-state index >= 15 is 0 Å². The summed E-state index contributed by atoms with van der Waals surface area (Å²) in [5.74, 6) is 0.352. The van der Waals surface area contributed by atoms with Crippen molar-refractivity contribution in [2.45, 2.75) is 301 Å². The van der Waals surface area contributed by atoms with Crippen molar-refractivity contribution in [3.8, 4) is 0 Å². The molecule has 0 aliphatic carbocycles. The maximum atomic E-state index is 9.44. The van der Waals surface area contributed by atoms with E-state index in [1.807, 2.05) is 6.08 Å². The van der Waals surface area contributed by atoms with Crippen LogP contribution < -0.4 is 0 Å². The first-order valence-corrected chi connectivity index (χ1v) is 35.2. The Morgan fingerprint density at radius 2 is 1.21 bits per heavy atom. The molecule has 5 aliphatic rings. The van der Waals surface area contributed by atoms with E-state index in [1.54, 1.807) is 0 Å². The summed E-state index contributed by atoms with van der Waals surface area (Å²) in [6.45, 7) is 35.5. The molecule has 0 aromatic rings. The van der Waals surface area contributed by atoms with Crippen molar-refractivity contribution in [2.24, 2.45) is 5.92 Å². The van der Waals surface area contributed by atoms with Crippen molar-refractivity contribution in [3.05, 3.63) is 23.3 Å². The van der Waals surface area contributed by atoms with Crippen LogP contribution in [-0.2, 0) is 37.0 Å². The van der Waals surface area contributed by atoms with Gasteiger partial charge in [0.05, 0.1) is 72.2 Å². The van der Waals surface area contributed by atoms with Gasteiger partial charge in [-0.25, -0.2) is 0 Å². The third-order valence-electron chi connectivity index (χ3n) is 18.7. The van der Waals surface area contributed by atoms with Crippen LogP contribution >= 0.6 is 0 Å². The molecule has 384 valence electrons. The molecule has 0 radical (unpaired) electrons. The predicted molar refractivity (Wildman–Crippen MR) is 279 cm³/mol. The third kappa shape index (κ3) is 12.9. The zero-order valence-corrected chi connectivity index (χ0v) is 48.2. The summed E-state index contributed by atoms with van der Waals surface area (Å²) >= 11 is 0. The van der Waals surface area contributed by atoms with Gasteiger partial charge in [0.25, 0.3) is 0 Å². The summed E-state index contributed by atoms with van der Waals surface area (Å²) in [7, 11) is -5.68. The average molecular weight is 980 g/mol. The number of rotatable bonds is 23. The van der Waals surface area contributed by atoms with Gasteiger partial charge in [-0.05, 0) is 153 Å². The van der Waals surface area contributed by atoms with Gasteiger partial charge in [-0.2, -0.15) is 0 Å². The predicted octanol–water partition coefficient (Wildman–Crippen LogP) is 13.6. The number of ether oxygens (including phenoxy) is 5. The molecule has 5 rings (SSSR count). The monoisotopic (exact) mass is 979 g/mol. The maximum absolute atomic E-state index is 9.44. The van der Waals surface area contributed by atoms with E-state index in [2.05, 4.69) is 110 Å². The van der Waals surface area contributed by atoms with Crippen LogP contribution in [0.15, 0.2) is 23.3 Å². The minimum Gasteiger partial charge on any atom is -0.417 e. The molecule has 5 heterocycles. The summed E-state index contributed by atoms with van der Waals surface area (Å²) in [6, 6.07) is 10.2. The van der Waals surface area contributed by atoms with E-state index in [1.165, 1.54) is 23.7 Å². The molecule has 0 unspecified atom stereocenters. The number of allylic oxidation sites excluding steroid dienone is 3. The van der Waals surface area contributed by atoms with Crippen LogP contribution in [0.25, 0.3) is 0 Å². The van der Waals surface area contributed by atoms with Crippen LogP contribution in [0, 0.1) is 5.92 Å². The van der Waals surface area contributed by atoms with Gasteiger partial charge in [-0.15, -0.1) is 0 Å². The molecule has 0 saturated carbocycles. The Balaban J connectivity index is 1.41. The Labute approximate surface area is 408 Å².